The fourth-order valence-corrected chi connectivity index (χ4v) is 2.51. The van der Waals surface area contributed by atoms with Crippen LogP contribution in [0.4, 0.5) is 0 Å². The lowest BCUT2D eigenvalue weighted by molar-refractivity contribution is 0.223. The van der Waals surface area contributed by atoms with Gasteiger partial charge in [0, 0.05) is 37.4 Å². The molecule has 1 saturated heterocycles. The Morgan fingerprint density at radius 2 is 2.17 bits per heavy atom. The Balaban J connectivity index is 1.93. The largest absolute Gasteiger partial charge is 0.314 e. The van der Waals surface area contributed by atoms with Gasteiger partial charge in [-0.15, -0.1) is 0 Å². The van der Waals surface area contributed by atoms with Crippen LogP contribution in [0.2, 0.25) is 0 Å². The smallest absolute Gasteiger partial charge is 0.250 e. The van der Waals surface area contributed by atoms with Crippen LogP contribution in [0.1, 0.15) is 20.3 Å². The van der Waals surface area contributed by atoms with Gasteiger partial charge in [-0.1, -0.05) is 6.07 Å². The second-order valence-corrected chi connectivity index (χ2v) is 5.67. The first-order valence-electron chi connectivity index (χ1n) is 6.70. The van der Waals surface area contributed by atoms with Gasteiger partial charge in [0.15, 0.2) is 0 Å². The third kappa shape index (κ3) is 3.68. The Bertz CT molecular complexity index is 439. The number of rotatable bonds is 3. The first kappa shape index (κ1) is 13.3. The Kier molecular flexibility index (Phi) is 4.19. The number of pyridine rings is 1. The predicted octanol–water partition coefficient (Wildman–Crippen LogP) is 0.922. The second kappa shape index (κ2) is 5.67. The molecule has 0 atom stereocenters. The highest BCUT2D eigenvalue weighted by molar-refractivity contribution is 4.93. The van der Waals surface area contributed by atoms with E-state index in [1.54, 1.807) is 16.7 Å². The molecule has 100 valence electrons. The van der Waals surface area contributed by atoms with Gasteiger partial charge in [0.25, 0.3) is 5.56 Å². The topological polar surface area (TPSA) is 37.3 Å². The van der Waals surface area contributed by atoms with Crippen LogP contribution in [0, 0.1) is 0 Å². The van der Waals surface area contributed by atoms with Gasteiger partial charge in [0.05, 0.1) is 0 Å². The van der Waals surface area contributed by atoms with Gasteiger partial charge in [-0.2, -0.15) is 0 Å². The van der Waals surface area contributed by atoms with Crippen LogP contribution in [0.3, 0.4) is 0 Å². The molecule has 0 amide bonds. The summed E-state index contributed by atoms with van der Waals surface area (Å²) < 4.78 is 1.78. The minimum atomic E-state index is 0.0877. The molecular formula is C14H23N3O. The third-order valence-electron chi connectivity index (χ3n) is 3.43. The quantitative estimate of drug-likeness (QED) is 0.865. The van der Waals surface area contributed by atoms with Crippen molar-refractivity contribution in [1.29, 1.82) is 0 Å². The van der Waals surface area contributed by atoms with Crippen molar-refractivity contribution in [2.75, 3.05) is 26.2 Å². The Hall–Kier alpha value is -1.13. The van der Waals surface area contributed by atoms with Crippen LogP contribution < -0.4 is 10.9 Å². The molecule has 4 nitrogen and oxygen atoms in total. The van der Waals surface area contributed by atoms with Crippen molar-refractivity contribution in [3.8, 4) is 0 Å². The van der Waals surface area contributed by atoms with Gasteiger partial charge in [-0.3, -0.25) is 9.69 Å². The maximum Gasteiger partial charge on any atom is 0.250 e. The van der Waals surface area contributed by atoms with E-state index in [2.05, 4.69) is 24.1 Å². The number of nitrogens with zero attached hydrogens (tertiary/aromatic N) is 2. The molecule has 0 saturated carbocycles. The maximum absolute atomic E-state index is 11.6. The van der Waals surface area contributed by atoms with Gasteiger partial charge >= 0.3 is 0 Å². The molecule has 1 aliphatic rings. The monoisotopic (exact) mass is 249 g/mol. The van der Waals surface area contributed by atoms with Crippen LogP contribution in [-0.2, 0) is 6.54 Å². The van der Waals surface area contributed by atoms with Crippen LogP contribution in [0.15, 0.2) is 29.2 Å². The molecule has 0 unspecified atom stereocenters. The predicted molar refractivity (Wildman–Crippen MR) is 73.8 cm³/mol. The fraction of sp³-hybridized carbons (Fsp3) is 0.643. The van der Waals surface area contributed by atoms with Gasteiger partial charge in [-0.25, -0.2) is 0 Å². The zero-order valence-electron chi connectivity index (χ0n) is 11.4. The summed E-state index contributed by atoms with van der Waals surface area (Å²) in [6.07, 6.45) is 3.04. The van der Waals surface area contributed by atoms with Crippen molar-refractivity contribution in [2.45, 2.75) is 32.4 Å². The zero-order chi connectivity index (χ0) is 13.0. The normalized spacial score (nSPS) is 20.6. The van der Waals surface area contributed by atoms with E-state index in [1.165, 1.54) is 6.42 Å². The van der Waals surface area contributed by atoms with Crippen LogP contribution in [0.25, 0.3) is 0 Å². The van der Waals surface area contributed by atoms with Crippen molar-refractivity contribution in [2.24, 2.45) is 0 Å². The summed E-state index contributed by atoms with van der Waals surface area (Å²) in [6.45, 7) is 9.41. The van der Waals surface area contributed by atoms with E-state index in [4.69, 9.17) is 0 Å². The molecule has 0 aromatic carbocycles. The van der Waals surface area contributed by atoms with Crippen molar-refractivity contribution < 1.29 is 0 Å². The average Bonchev–Trinajstić information content (AvgIpc) is 2.49. The van der Waals surface area contributed by atoms with Crippen LogP contribution in [-0.4, -0.2) is 41.2 Å². The molecule has 1 fully saturated rings. The number of nitrogens with one attached hydrogen (secondary N) is 1. The Morgan fingerprint density at radius 3 is 2.94 bits per heavy atom. The summed E-state index contributed by atoms with van der Waals surface area (Å²) in [7, 11) is 0. The molecule has 1 aromatic rings. The standard InChI is InChI=1S/C14H23N3O/c1-14(2)12-16(8-5-7-15-14)10-11-17-9-4-3-6-13(17)18/h3-4,6,9,15H,5,7-8,10-12H2,1-2H3. The summed E-state index contributed by atoms with van der Waals surface area (Å²) >= 11 is 0. The Morgan fingerprint density at radius 1 is 1.33 bits per heavy atom. The third-order valence-corrected chi connectivity index (χ3v) is 3.43. The van der Waals surface area contributed by atoms with E-state index in [1.807, 2.05) is 12.3 Å². The molecule has 1 N–H and O–H groups in total. The molecule has 1 aliphatic heterocycles. The molecular weight excluding hydrogens is 226 g/mol. The molecule has 2 heterocycles. The molecule has 4 heteroatoms. The number of hydrogen-bond acceptors (Lipinski definition) is 3. The van der Waals surface area contributed by atoms with E-state index >= 15 is 0 Å². The lowest BCUT2D eigenvalue weighted by Gasteiger charge is -2.30. The van der Waals surface area contributed by atoms with Gasteiger partial charge in [0.1, 0.15) is 0 Å². The van der Waals surface area contributed by atoms with Crippen molar-refractivity contribution in [3.63, 3.8) is 0 Å². The van der Waals surface area contributed by atoms with Crippen LogP contribution in [0.5, 0.6) is 0 Å². The molecule has 0 bridgehead atoms. The number of aromatic nitrogens is 1. The van der Waals surface area contributed by atoms with Gasteiger partial charge < -0.3 is 9.88 Å². The highest BCUT2D eigenvalue weighted by Crippen LogP contribution is 2.10. The zero-order valence-corrected chi connectivity index (χ0v) is 11.4. The fourth-order valence-electron chi connectivity index (χ4n) is 2.51. The second-order valence-electron chi connectivity index (χ2n) is 5.67. The van der Waals surface area contributed by atoms with E-state index in [0.717, 1.165) is 32.7 Å². The molecule has 0 spiro atoms. The molecule has 1 aromatic heterocycles. The lowest BCUT2D eigenvalue weighted by atomic mass is 10.1. The minimum absolute atomic E-state index is 0.0877. The minimum Gasteiger partial charge on any atom is -0.314 e. The summed E-state index contributed by atoms with van der Waals surface area (Å²) in [5.41, 5.74) is 0.253. The molecule has 0 aliphatic carbocycles. The van der Waals surface area contributed by atoms with Crippen molar-refractivity contribution in [1.82, 2.24) is 14.8 Å². The van der Waals surface area contributed by atoms with Gasteiger partial charge in [0.2, 0.25) is 0 Å². The molecule has 18 heavy (non-hydrogen) atoms. The van der Waals surface area contributed by atoms with Crippen LogP contribution >= 0.6 is 0 Å². The van der Waals surface area contributed by atoms with Gasteiger partial charge in [-0.05, 0) is 39.4 Å². The SMILES string of the molecule is CC1(C)CN(CCn2ccccc2=O)CCCN1. The first-order valence-corrected chi connectivity index (χ1v) is 6.70. The van der Waals surface area contributed by atoms with E-state index in [0.29, 0.717) is 0 Å². The highest BCUT2D eigenvalue weighted by Gasteiger charge is 2.23. The maximum atomic E-state index is 11.6. The molecule has 0 radical (unpaired) electrons. The summed E-state index contributed by atoms with van der Waals surface area (Å²) in [6, 6.07) is 5.32. The highest BCUT2D eigenvalue weighted by atomic mass is 16.1. The number of hydrogen-bond donors (Lipinski definition) is 1. The average molecular weight is 249 g/mol. The summed E-state index contributed by atoms with van der Waals surface area (Å²) in [4.78, 5) is 14.1. The van der Waals surface area contributed by atoms with Crippen molar-refractivity contribution in [3.05, 3.63) is 34.7 Å². The first-order chi connectivity index (χ1) is 8.57. The lowest BCUT2D eigenvalue weighted by Crippen LogP contribution is -2.47. The Labute approximate surface area is 109 Å². The van der Waals surface area contributed by atoms with Crippen molar-refractivity contribution >= 4 is 0 Å². The van der Waals surface area contributed by atoms with E-state index in [-0.39, 0.29) is 11.1 Å². The summed E-state index contributed by atoms with van der Waals surface area (Å²) in [5.74, 6) is 0. The molecule has 2 rings (SSSR count). The van der Waals surface area contributed by atoms with E-state index < -0.39 is 0 Å². The summed E-state index contributed by atoms with van der Waals surface area (Å²) in [5, 5.41) is 3.55. The van der Waals surface area contributed by atoms with E-state index in [9.17, 15) is 4.79 Å².